The summed E-state index contributed by atoms with van der Waals surface area (Å²) in [5.41, 5.74) is 2.29. The van der Waals surface area contributed by atoms with Gasteiger partial charge < -0.3 is 30.0 Å². The van der Waals surface area contributed by atoms with Crippen LogP contribution in [0.4, 0.5) is 11.6 Å². The lowest BCUT2D eigenvalue weighted by molar-refractivity contribution is -0.113. The second-order valence-electron chi connectivity index (χ2n) is 7.39. The van der Waals surface area contributed by atoms with E-state index in [9.17, 15) is 9.90 Å². The summed E-state index contributed by atoms with van der Waals surface area (Å²) in [6, 6.07) is 9.71. The highest BCUT2D eigenvalue weighted by Crippen LogP contribution is 2.43. The third kappa shape index (κ3) is 4.21. The van der Waals surface area contributed by atoms with Crippen LogP contribution in [0.2, 0.25) is 0 Å². The molecule has 1 unspecified atom stereocenters. The second-order valence-corrected chi connectivity index (χ2v) is 8.16. The number of phenolic OH excluding ortho intramolecular Hbond substituents is 1. The summed E-state index contributed by atoms with van der Waals surface area (Å²) >= 11 is 1.39. The van der Waals surface area contributed by atoms with Crippen molar-refractivity contribution in [2.45, 2.75) is 18.1 Å². The number of hydrogen-bond acceptors (Lipinski definition) is 9. The van der Waals surface area contributed by atoms with Crippen molar-refractivity contribution in [2.24, 2.45) is 0 Å². The van der Waals surface area contributed by atoms with E-state index in [0.717, 1.165) is 0 Å². The van der Waals surface area contributed by atoms with Crippen LogP contribution in [0.25, 0.3) is 0 Å². The number of amides is 1. The van der Waals surface area contributed by atoms with Crippen molar-refractivity contribution in [3.8, 4) is 23.0 Å². The van der Waals surface area contributed by atoms with Gasteiger partial charge in [-0.05, 0) is 55.1 Å². The lowest BCUT2D eigenvalue weighted by Gasteiger charge is -2.29. The Morgan fingerprint density at radius 3 is 2.32 bits per heavy atom. The van der Waals surface area contributed by atoms with Gasteiger partial charge in [0.05, 0.1) is 26.9 Å². The van der Waals surface area contributed by atoms with Crippen LogP contribution >= 0.6 is 11.8 Å². The number of allylic oxidation sites excluding steroid dienone is 1. The summed E-state index contributed by atoms with van der Waals surface area (Å²) in [5, 5.41) is 21.7. The van der Waals surface area contributed by atoms with E-state index in [-0.39, 0.29) is 23.2 Å². The topological polar surface area (TPSA) is 120 Å². The molecule has 1 aliphatic rings. The zero-order valence-electron chi connectivity index (χ0n) is 19.4. The number of phenols is 1. The summed E-state index contributed by atoms with van der Waals surface area (Å²) in [4.78, 5) is 18.1. The fraction of sp³-hybridized carbons (Fsp3) is 0.261. The normalized spacial score (nSPS) is 14.8. The molecule has 34 heavy (non-hydrogen) atoms. The summed E-state index contributed by atoms with van der Waals surface area (Å²) in [5.74, 6) is 1.17. The quantitative estimate of drug-likeness (QED) is 0.433. The minimum Gasteiger partial charge on any atom is -0.502 e. The van der Waals surface area contributed by atoms with E-state index in [1.165, 1.54) is 26.0 Å². The summed E-state index contributed by atoms with van der Waals surface area (Å²) < 4.78 is 17.5. The number of benzene rings is 2. The van der Waals surface area contributed by atoms with Crippen molar-refractivity contribution in [1.29, 1.82) is 0 Å². The van der Waals surface area contributed by atoms with Crippen molar-refractivity contribution >= 4 is 29.3 Å². The highest BCUT2D eigenvalue weighted by atomic mass is 32.2. The minimum absolute atomic E-state index is 0.128. The number of thioether (sulfide) groups is 1. The second kappa shape index (κ2) is 9.56. The molecule has 3 aromatic rings. The van der Waals surface area contributed by atoms with Gasteiger partial charge in [0.15, 0.2) is 11.5 Å². The van der Waals surface area contributed by atoms with Crippen molar-refractivity contribution in [2.75, 3.05) is 38.2 Å². The lowest BCUT2D eigenvalue weighted by atomic mass is 9.94. The number of methoxy groups -OCH3 is 3. The van der Waals surface area contributed by atoms with Crippen molar-refractivity contribution in [1.82, 2.24) is 14.8 Å². The molecule has 2 heterocycles. The average molecular weight is 484 g/mol. The predicted molar refractivity (Wildman–Crippen MR) is 129 cm³/mol. The molecule has 4 rings (SSSR count). The molecule has 2 aromatic carbocycles. The molecular weight excluding hydrogens is 458 g/mol. The van der Waals surface area contributed by atoms with Crippen LogP contribution in [0, 0.1) is 0 Å². The Morgan fingerprint density at radius 1 is 1.12 bits per heavy atom. The summed E-state index contributed by atoms with van der Waals surface area (Å²) in [6.07, 6.45) is 1.88. The molecule has 1 aromatic heterocycles. The molecule has 1 aliphatic heterocycles. The first-order chi connectivity index (χ1) is 16.4. The first-order valence-electron chi connectivity index (χ1n) is 10.3. The number of hydrogen-bond donors (Lipinski definition) is 3. The van der Waals surface area contributed by atoms with Gasteiger partial charge in [-0.2, -0.15) is 4.98 Å². The van der Waals surface area contributed by atoms with E-state index >= 15 is 0 Å². The van der Waals surface area contributed by atoms with Gasteiger partial charge in [0.1, 0.15) is 11.8 Å². The van der Waals surface area contributed by atoms with Gasteiger partial charge in [-0.3, -0.25) is 4.79 Å². The largest absolute Gasteiger partial charge is 0.502 e. The van der Waals surface area contributed by atoms with Crippen molar-refractivity contribution in [3.05, 3.63) is 53.2 Å². The maximum atomic E-state index is 13.6. The van der Waals surface area contributed by atoms with Crippen LogP contribution in [0.3, 0.4) is 0 Å². The van der Waals surface area contributed by atoms with Crippen LogP contribution < -0.4 is 24.8 Å². The Bertz CT molecular complexity index is 1230. The van der Waals surface area contributed by atoms with E-state index in [1.54, 1.807) is 48.2 Å². The fourth-order valence-electron chi connectivity index (χ4n) is 3.76. The lowest BCUT2D eigenvalue weighted by Crippen LogP contribution is -2.31. The van der Waals surface area contributed by atoms with Crippen LogP contribution in [0.5, 0.6) is 23.0 Å². The van der Waals surface area contributed by atoms with Gasteiger partial charge in [0, 0.05) is 11.4 Å². The van der Waals surface area contributed by atoms with E-state index < -0.39 is 6.04 Å². The van der Waals surface area contributed by atoms with Crippen molar-refractivity contribution in [3.63, 3.8) is 0 Å². The molecule has 0 aliphatic carbocycles. The Balaban J connectivity index is 1.82. The molecule has 1 amide bonds. The molecular formula is C23H25N5O5S. The number of fused-ring (bicyclic) bond motifs is 1. The number of anilines is 2. The Morgan fingerprint density at radius 2 is 1.76 bits per heavy atom. The third-order valence-corrected chi connectivity index (χ3v) is 5.96. The Labute approximate surface area is 200 Å². The van der Waals surface area contributed by atoms with E-state index in [0.29, 0.717) is 39.4 Å². The predicted octanol–water partition coefficient (Wildman–Crippen LogP) is 3.66. The zero-order chi connectivity index (χ0) is 24.4. The van der Waals surface area contributed by atoms with E-state index in [2.05, 4.69) is 20.7 Å². The Kier molecular flexibility index (Phi) is 6.55. The monoisotopic (exact) mass is 483 g/mol. The number of nitrogens with zero attached hydrogens (tertiary/aromatic N) is 3. The average Bonchev–Trinajstić information content (AvgIpc) is 3.26. The van der Waals surface area contributed by atoms with Gasteiger partial charge in [-0.15, -0.1) is 5.10 Å². The number of aromatic nitrogens is 3. The van der Waals surface area contributed by atoms with Gasteiger partial charge in [-0.25, -0.2) is 4.68 Å². The number of carbonyl (C=O) groups is 1. The molecule has 10 nitrogen and oxygen atoms in total. The number of carbonyl (C=O) groups excluding carboxylic acids is 1. The molecule has 0 saturated carbocycles. The van der Waals surface area contributed by atoms with Crippen LogP contribution in [0.15, 0.2) is 52.8 Å². The van der Waals surface area contributed by atoms with Crippen LogP contribution in [0.1, 0.15) is 18.5 Å². The maximum absolute atomic E-state index is 13.6. The zero-order valence-corrected chi connectivity index (χ0v) is 20.2. The smallest absolute Gasteiger partial charge is 0.255 e. The number of ether oxygens (including phenoxy) is 3. The van der Waals surface area contributed by atoms with Crippen LogP contribution in [-0.4, -0.2) is 53.4 Å². The van der Waals surface area contributed by atoms with Gasteiger partial charge in [0.25, 0.3) is 5.91 Å². The Hall–Kier alpha value is -3.86. The van der Waals surface area contributed by atoms with Gasteiger partial charge >= 0.3 is 0 Å². The highest BCUT2D eigenvalue weighted by Gasteiger charge is 2.35. The molecule has 0 bridgehead atoms. The maximum Gasteiger partial charge on any atom is 0.255 e. The SMILES string of the molecule is COc1ccc(NC(=O)C2=C(C)Nc3nc(SC)nn3C2c2cc(OC)c(O)c(OC)c2)cc1. The molecule has 0 radical (unpaired) electrons. The van der Waals surface area contributed by atoms with Crippen molar-refractivity contribution < 1.29 is 24.1 Å². The van der Waals surface area contributed by atoms with E-state index in [1.807, 2.05) is 13.2 Å². The standard InChI is InChI=1S/C23H25N5O5S/c1-12-18(21(30)25-14-6-8-15(31-2)9-7-14)19(28-22(24-12)26-23(27-28)34-5)13-10-16(32-3)20(29)17(11-13)33-4/h6-11,19,29H,1-5H3,(H,25,30)(H,24,26,27). The molecule has 3 N–H and O–H groups in total. The molecule has 11 heteroatoms. The van der Waals surface area contributed by atoms with Gasteiger partial charge in [-0.1, -0.05) is 11.8 Å². The van der Waals surface area contributed by atoms with E-state index in [4.69, 9.17) is 14.2 Å². The molecule has 0 saturated heterocycles. The summed E-state index contributed by atoms with van der Waals surface area (Å²) in [7, 11) is 4.48. The first-order valence-corrected chi connectivity index (χ1v) is 11.5. The van der Waals surface area contributed by atoms with Gasteiger partial charge in [0.2, 0.25) is 16.9 Å². The fourth-order valence-corrected chi connectivity index (χ4v) is 4.11. The number of aromatic hydroxyl groups is 1. The highest BCUT2D eigenvalue weighted by molar-refractivity contribution is 7.98. The third-order valence-electron chi connectivity index (χ3n) is 5.43. The van der Waals surface area contributed by atoms with Crippen LogP contribution in [-0.2, 0) is 4.79 Å². The molecule has 1 atom stereocenters. The molecule has 178 valence electrons. The molecule has 0 spiro atoms. The number of rotatable bonds is 7. The number of nitrogens with one attached hydrogen (secondary N) is 2. The first kappa shape index (κ1) is 23.3. The molecule has 0 fully saturated rings. The summed E-state index contributed by atoms with van der Waals surface area (Å²) in [6.45, 7) is 1.81. The minimum atomic E-state index is -0.661.